The molecule has 72 heavy (non-hydrogen) atoms. The van der Waals surface area contributed by atoms with Gasteiger partial charge in [0, 0.05) is 32.9 Å². The zero-order valence-electron chi connectivity index (χ0n) is 38.1. The van der Waals surface area contributed by atoms with Crippen molar-refractivity contribution in [3.05, 3.63) is 242 Å². The highest BCUT2D eigenvalue weighted by Gasteiger charge is 2.31. The van der Waals surface area contributed by atoms with Crippen molar-refractivity contribution >= 4 is 65.2 Å². The molecular weight excluding hydrogens is 911 g/mol. The molecule has 2 aromatic heterocycles. The summed E-state index contributed by atoms with van der Waals surface area (Å²) in [5.74, 6) is 0. The summed E-state index contributed by atoms with van der Waals surface area (Å²) in [6, 6.07) is 73.4. The molecule has 0 amide bonds. The first-order valence-corrected chi connectivity index (χ1v) is 23.5. The minimum atomic E-state index is -4.44. The van der Waals surface area contributed by atoms with Crippen molar-refractivity contribution in [1.82, 2.24) is 9.13 Å². The maximum absolute atomic E-state index is 13.6. The van der Waals surface area contributed by atoms with Crippen LogP contribution in [0.4, 0.5) is 26.3 Å². The number of hydrogen-bond acceptors (Lipinski definition) is 0. The molecule has 11 aromatic carbocycles. The highest BCUT2D eigenvalue weighted by molar-refractivity contribution is 6.23. The van der Waals surface area contributed by atoms with Crippen LogP contribution in [0.2, 0.25) is 0 Å². The molecule has 8 heteroatoms. The molecule has 0 radical (unpaired) electrons. The first kappa shape index (κ1) is 43.2. The van der Waals surface area contributed by atoms with Gasteiger partial charge in [0.05, 0.1) is 33.2 Å². The second kappa shape index (κ2) is 16.4. The minimum Gasteiger partial charge on any atom is -0.309 e. The van der Waals surface area contributed by atoms with Crippen LogP contribution in [0.25, 0.3) is 121 Å². The molecule has 0 saturated carbocycles. The van der Waals surface area contributed by atoms with Gasteiger partial charge in [-0.25, -0.2) is 0 Å². The van der Waals surface area contributed by atoms with Crippen molar-refractivity contribution in [3.8, 4) is 55.9 Å². The van der Waals surface area contributed by atoms with Crippen molar-refractivity contribution in [2.45, 2.75) is 12.4 Å². The highest BCUT2D eigenvalue weighted by Crippen LogP contribution is 2.47. The van der Waals surface area contributed by atoms with Crippen molar-refractivity contribution in [2.75, 3.05) is 0 Å². The van der Waals surface area contributed by atoms with Crippen molar-refractivity contribution in [2.24, 2.45) is 0 Å². The van der Waals surface area contributed by atoms with Gasteiger partial charge in [-0.05, 0) is 139 Å². The van der Waals surface area contributed by atoms with E-state index in [1.165, 1.54) is 24.3 Å². The molecule has 0 N–H and O–H groups in total. The lowest BCUT2D eigenvalue weighted by Crippen LogP contribution is -2.03. The minimum absolute atomic E-state index is 0.670. The van der Waals surface area contributed by atoms with E-state index in [1.807, 2.05) is 48.5 Å². The van der Waals surface area contributed by atoms with Crippen LogP contribution in [0.15, 0.2) is 231 Å². The topological polar surface area (TPSA) is 9.86 Å². The average Bonchev–Trinajstić information content (AvgIpc) is 3.93. The van der Waals surface area contributed by atoms with Crippen LogP contribution in [-0.4, -0.2) is 9.13 Å². The van der Waals surface area contributed by atoms with E-state index < -0.39 is 23.5 Å². The lowest BCUT2D eigenvalue weighted by atomic mass is 9.85. The number of fused-ring (bicyclic) bond motifs is 8. The Hall–Kier alpha value is -8.88. The van der Waals surface area contributed by atoms with Crippen molar-refractivity contribution in [3.63, 3.8) is 0 Å². The Balaban J connectivity index is 1.09. The average molecular weight is 949 g/mol. The molecule has 0 saturated heterocycles. The molecule has 0 aliphatic rings. The maximum atomic E-state index is 13.6. The number of nitrogens with zero attached hydrogens (tertiary/aromatic N) is 2. The summed E-state index contributed by atoms with van der Waals surface area (Å²) >= 11 is 0. The van der Waals surface area contributed by atoms with Gasteiger partial charge < -0.3 is 9.13 Å². The van der Waals surface area contributed by atoms with E-state index in [1.54, 1.807) is 0 Å². The van der Waals surface area contributed by atoms with Crippen LogP contribution in [0.5, 0.6) is 0 Å². The lowest BCUT2D eigenvalue weighted by Gasteiger charge is -2.21. The van der Waals surface area contributed by atoms with E-state index in [0.29, 0.717) is 11.1 Å². The Labute approximate surface area is 408 Å². The first-order valence-electron chi connectivity index (χ1n) is 23.5. The van der Waals surface area contributed by atoms with Crippen molar-refractivity contribution < 1.29 is 26.3 Å². The van der Waals surface area contributed by atoms with E-state index in [0.717, 1.165) is 134 Å². The summed E-state index contributed by atoms with van der Waals surface area (Å²) in [5, 5.41) is 8.47. The SMILES string of the molecule is FC(F)(F)c1ccc(-c2ccc(-c3c4ccc(-n5c6ccccc6c6ccccc65)cc4c(-c4ccc(-c5ccc(C(F)(F)F)cc5)cc4)c4ccc(-n5c6ccccc6c6ccccc65)cc34)cc2)cc1. The number of benzene rings is 11. The molecule has 0 bridgehead atoms. The third kappa shape index (κ3) is 7.04. The smallest absolute Gasteiger partial charge is 0.309 e. The monoisotopic (exact) mass is 948 g/mol. The maximum Gasteiger partial charge on any atom is 0.416 e. The molecule has 0 aliphatic carbocycles. The lowest BCUT2D eigenvalue weighted by molar-refractivity contribution is -0.138. The predicted molar refractivity (Wildman–Crippen MR) is 282 cm³/mol. The number of hydrogen-bond donors (Lipinski definition) is 0. The van der Waals surface area contributed by atoms with Crippen LogP contribution >= 0.6 is 0 Å². The second-order valence-electron chi connectivity index (χ2n) is 18.3. The largest absolute Gasteiger partial charge is 0.416 e. The normalized spacial score (nSPS) is 12.3. The van der Waals surface area contributed by atoms with E-state index in [2.05, 4.69) is 143 Å². The Kier molecular flexibility index (Phi) is 9.80. The zero-order valence-corrected chi connectivity index (χ0v) is 38.1. The standard InChI is InChI=1S/C64H38F6N2/c65-63(66,67)45-29-25-41(26-30-45)39-17-21-43(22-18-39)61-54-36-34-48(72-59-15-7-3-11-51(59)52-12-4-8-16-60(52)72)38-56(54)62(44-23-19-40(20-24-44)42-27-31-46(32-28-42)64(68,69)70)53-35-33-47(37-55(53)61)71-57-13-5-1-9-49(57)50-10-2-6-14-58(50)71/h1-38H. The molecule has 13 rings (SSSR count). The van der Waals surface area contributed by atoms with Crippen LogP contribution in [0.3, 0.4) is 0 Å². The Morgan fingerprint density at radius 3 is 0.792 bits per heavy atom. The molecule has 0 spiro atoms. The molecule has 2 heterocycles. The molecule has 0 unspecified atom stereocenters. The molecule has 13 aromatic rings. The summed E-state index contributed by atoms with van der Waals surface area (Å²) in [5.41, 5.74) is 11.5. The number of rotatable bonds is 6. The summed E-state index contributed by atoms with van der Waals surface area (Å²) in [7, 11) is 0. The summed E-state index contributed by atoms with van der Waals surface area (Å²) in [6.07, 6.45) is -8.88. The van der Waals surface area contributed by atoms with Gasteiger partial charge in [-0.2, -0.15) is 26.3 Å². The summed E-state index contributed by atoms with van der Waals surface area (Å²) in [4.78, 5) is 0. The fourth-order valence-electron chi connectivity index (χ4n) is 10.9. The van der Waals surface area contributed by atoms with Crippen LogP contribution in [-0.2, 0) is 12.4 Å². The quantitative estimate of drug-likeness (QED) is 0.116. The predicted octanol–water partition coefficient (Wildman–Crippen LogP) is 18.9. The molecule has 0 atom stereocenters. The zero-order chi connectivity index (χ0) is 48.9. The number of aromatic nitrogens is 2. The van der Waals surface area contributed by atoms with E-state index in [4.69, 9.17) is 0 Å². The van der Waals surface area contributed by atoms with Crippen LogP contribution < -0.4 is 0 Å². The Morgan fingerprint density at radius 1 is 0.236 bits per heavy atom. The van der Waals surface area contributed by atoms with E-state index in [-0.39, 0.29) is 0 Å². The Bertz CT molecular complexity index is 3870. The van der Waals surface area contributed by atoms with Crippen molar-refractivity contribution in [1.29, 1.82) is 0 Å². The molecule has 2 nitrogen and oxygen atoms in total. The third-order valence-corrected chi connectivity index (χ3v) is 14.2. The van der Waals surface area contributed by atoms with Gasteiger partial charge in [0.25, 0.3) is 0 Å². The van der Waals surface area contributed by atoms with E-state index >= 15 is 0 Å². The van der Waals surface area contributed by atoms with Gasteiger partial charge >= 0.3 is 12.4 Å². The molecule has 0 aliphatic heterocycles. The first-order chi connectivity index (χ1) is 35.0. The summed E-state index contributed by atoms with van der Waals surface area (Å²) < 4.78 is 86.0. The van der Waals surface area contributed by atoms with Gasteiger partial charge in [-0.3, -0.25) is 0 Å². The third-order valence-electron chi connectivity index (χ3n) is 14.2. The van der Waals surface area contributed by atoms with Gasteiger partial charge in [0.1, 0.15) is 0 Å². The fraction of sp³-hybridized carbons (Fsp3) is 0.0312. The molecular formula is C64H38F6N2. The van der Waals surface area contributed by atoms with Gasteiger partial charge in [0.15, 0.2) is 0 Å². The van der Waals surface area contributed by atoms with Crippen LogP contribution in [0.1, 0.15) is 11.1 Å². The number of para-hydroxylation sites is 4. The highest BCUT2D eigenvalue weighted by atomic mass is 19.4. The fourth-order valence-corrected chi connectivity index (χ4v) is 10.9. The number of alkyl halides is 6. The van der Waals surface area contributed by atoms with Crippen LogP contribution in [0, 0.1) is 0 Å². The van der Waals surface area contributed by atoms with E-state index in [9.17, 15) is 26.3 Å². The Morgan fingerprint density at radius 2 is 0.500 bits per heavy atom. The molecule has 0 fully saturated rings. The number of halogens is 6. The van der Waals surface area contributed by atoms with Gasteiger partial charge in [0.2, 0.25) is 0 Å². The second-order valence-corrected chi connectivity index (χ2v) is 18.3. The van der Waals surface area contributed by atoms with Gasteiger partial charge in [-0.1, -0.05) is 158 Å². The van der Waals surface area contributed by atoms with Gasteiger partial charge in [-0.15, -0.1) is 0 Å². The summed E-state index contributed by atoms with van der Waals surface area (Å²) in [6.45, 7) is 0. The molecule has 346 valence electrons.